The zero-order valence-electron chi connectivity index (χ0n) is 9.30. The molecule has 2 aromatic rings. The molecule has 1 aromatic carbocycles. The lowest BCUT2D eigenvalue weighted by atomic mass is 10.1. The van der Waals surface area contributed by atoms with Gasteiger partial charge in [0.25, 0.3) is 0 Å². The maximum atomic E-state index is 5.47. The molecule has 0 saturated heterocycles. The van der Waals surface area contributed by atoms with E-state index in [1.165, 1.54) is 10.5 Å². The fourth-order valence-corrected chi connectivity index (χ4v) is 3.17. The van der Waals surface area contributed by atoms with Crippen LogP contribution in [0.1, 0.15) is 22.5 Å². The Morgan fingerprint density at radius 3 is 3.12 bits per heavy atom. The molecule has 1 aromatic heterocycles. The molecule has 2 N–H and O–H groups in total. The van der Waals surface area contributed by atoms with Gasteiger partial charge in [-0.3, -0.25) is 0 Å². The summed E-state index contributed by atoms with van der Waals surface area (Å²) in [4.78, 5) is 5.70. The summed E-state index contributed by atoms with van der Waals surface area (Å²) in [6.07, 6.45) is 1.64. The minimum Gasteiger partial charge on any atom is -0.338 e. The average molecular weight is 247 g/mol. The van der Waals surface area contributed by atoms with Crippen LogP contribution in [0.15, 0.2) is 33.7 Å². The van der Waals surface area contributed by atoms with E-state index < -0.39 is 0 Å². The number of aromatic nitrogens is 2. The molecule has 2 heterocycles. The van der Waals surface area contributed by atoms with Gasteiger partial charge in [-0.1, -0.05) is 23.4 Å². The largest absolute Gasteiger partial charge is 0.338 e. The predicted molar refractivity (Wildman–Crippen MR) is 65.8 cm³/mol. The molecule has 88 valence electrons. The van der Waals surface area contributed by atoms with Crippen LogP contribution < -0.4 is 5.73 Å². The molecule has 1 unspecified atom stereocenters. The summed E-state index contributed by atoms with van der Waals surface area (Å²) in [5, 5.41) is 4.19. The summed E-state index contributed by atoms with van der Waals surface area (Å²) in [6.45, 7) is 0.553. The van der Waals surface area contributed by atoms with Crippen molar-refractivity contribution >= 4 is 11.8 Å². The van der Waals surface area contributed by atoms with Gasteiger partial charge >= 0.3 is 0 Å². The van der Waals surface area contributed by atoms with E-state index in [0.29, 0.717) is 18.8 Å². The van der Waals surface area contributed by atoms with Crippen molar-refractivity contribution in [3.05, 3.63) is 41.5 Å². The standard InChI is InChI=1S/C12H13N3OS/c13-6-5-11-14-12(16-15-11)10-7-8-3-1-2-4-9(8)17-10/h1-4,10H,5-7,13H2. The third kappa shape index (κ3) is 2.08. The first-order valence-corrected chi connectivity index (χ1v) is 6.52. The first kappa shape index (κ1) is 10.8. The molecule has 3 rings (SSSR count). The van der Waals surface area contributed by atoms with E-state index in [9.17, 15) is 0 Å². The van der Waals surface area contributed by atoms with Crippen LogP contribution in [0.2, 0.25) is 0 Å². The number of thioether (sulfide) groups is 1. The maximum absolute atomic E-state index is 5.47. The molecule has 1 atom stereocenters. The smallest absolute Gasteiger partial charge is 0.240 e. The van der Waals surface area contributed by atoms with Crippen LogP contribution in [0.5, 0.6) is 0 Å². The number of fused-ring (bicyclic) bond motifs is 1. The number of benzene rings is 1. The summed E-state index contributed by atoms with van der Waals surface area (Å²) in [6, 6.07) is 8.41. The summed E-state index contributed by atoms with van der Waals surface area (Å²) < 4.78 is 5.29. The van der Waals surface area contributed by atoms with Crippen molar-refractivity contribution < 1.29 is 4.52 Å². The van der Waals surface area contributed by atoms with Gasteiger partial charge in [0, 0.05) is 11.3 Å². The minimum atomic E-state index is 0.256. The molecule has 1 aliphatic heterocycles. The zero-order chi connectivity index (χ0) is 11.7. The molecule has 1 aliphatic rings. The number of nitrogens with two attached hydrogens (primary N) is 1. The van der Waals surface area contributed by atoms with Gasteiger partial charge in [-0.25, -0.2) is 0 Å². The normalized spacial score (nSPS) is 18.3. The summed E-state index contributed by atoms with van der Waals surface area (Å²) in [5.74, 6) is 1.42. The van der Waals surface area contributed by atoms with Crippen LogP contribution in [-0.2, 0) is 12.8 Å². The van der Waals surface area contributed by atoms with E-state index >= 15 is 0 Å². The zero-order valence-corrected chi connectivity index (χ0v) is 10.1. The van der Waals surface area contributed by atoms with Crippen LogP contribution in [0.3, 0.4) is 0 Å². The van der Waals surface area contributed by atoms with Crippen molar-refractivity contribution in [3.8, 4) is 0 Å². The molecule has 0 fully saturated rings. The molecule has 0 amide bonds. The molecule has 0 bridgehead atoms. The van der Waals surface area contributed by atoms with Crippen LogP contribution in [0, 0.1) is 0 Å². The molecule has 0 saturated carbocycles. The van der Waals surface area contributed by atoms with E-state index in [4.69, 9.17) is 10.3 Å². The lowest BCUT2D eigenvalue weighted by Crippen LogP contribution is -2.04. The topological polar surface area (TPSA) is 64.9 Å². The van der Waals surface area contributed by atoms with Gasteiger partial charge in [0.05, 0.1) is 5.25 Å². The molecule has 0 radical (unpaired) electrons. The quantitative estimate of drug-likeness (QED) is 0.898. The Balaban J connectivity index is 1.79. The second-order valence-corrected chi connectivity index (χ2v) is 5.25. The Hall–Kier alpha value is -1.33. The Morgan fingerprint density at radius 2 is 2.29 bits per heavy atom. The van der Waals surface area contributed by atoms with Crippen molar-refractivity contribution in [2.45, 2.75) is 23.0 Å². The highest BCUT2D eigenvalue weighted by Gasteiger charge is 2.27. The number of hydrogen-bond acceptors (Lipinski definition) is 5. The maximum Gasteiger partial charge on any atom is 0.240 e. The molecular weight excluding hydrogens is 234 g/mol. The lowest BCUT2D eigenvalue weighted by Gasteiger charge is -1.99. The van der Waals surface area contributed by atoms with Crippen molar-refractivity contribution in [1.82, 2.24) is 10.1 Å². The fraction of sp³-hybridized carbons (Fsp3) is 0.333. The van der Waals surface area contributed by atoms with E-state index in [1.807, 2.05) is 0 Å². The number of rotatable bonds is 3. The van der Waals surface area contributed by atoms with Crippen LogP contribution >= 0.6 is 11.8 Å². The van der Waals surface area contributed by atoms with Gasteiger partial charge in [0.1, 0.15) is 0 Å². The molecule has 0 aliphatic carbocycles. The van der Waals surface area contributed by atoms with Crippen molar-refractivity contribution in [3.63, 3.8) is 0 Å². The highest BCUT2D eigenvalue weighted by Crippen LogP contribution is 2.45. The van der Waals surface area contributed by atoms with E-state index in [2.05, 4.69) is 34.4 Å². The summed E-state index contributed by atoms with van der Waals surface area (Å²) in [5.41, 5.74) is 6.83. The minimum absolute atomic E-state index is 0.256. The second-order valence-electron chi connectivity index (χ2n) is 4.01. The second kappa shape index (κ2) is 4.50. The molecular formula is C12H13N3OS. The van der Waals surface area contributed by atoms with Crippen molar-refractivity contribution in [1.29, 1.82) is 0 Å². The molecule has 17 heavy (non-hydrogen) atoms. The van der Waals surface area contributed by atoms with Gasteiger partial charge < -0.3 is 10.3 Å². The molecule has 5 heteroatoms. The van der Waals surface area contributed by atoms with E-state index in [-0.39, 0.29) is 5.25 Å². The van der Waals surface area contributed by atoms with Crippen LogP contribution in [0.25, 0.3) is 0 Å². The Morgan fingerprint density at radius 1 is 1.41 bits per heavy atom. The third-order valence-electron chi connectivity index (χ3n) is 2.77. The van der Waals surface area contributed by atoms with E-state index in [0.717, 1.165) is 12.3 Å². The summed E-state index contributed by atoms with van der Waals surface area (Å²) >= 11 is 1.79. The van der Waals surface area contributed by atoms with Crippen molar-refractivity contribution in [2.75, 3.05) is 6.54 Å². The van der Waals surface area contributed by atoms with Gasteiger partial charge in [0.2, 0.25) is 5.89 Å². The fourth-order valence-electron chi connectivity index (χ4n) is 1.95. The highest BCUT2D eigenvalue weighted by molar-refractivity contribution is 7.99. The monoisotopic (exact) mass is 247 g/mol. The lowest BCUT2D eigenvalue weighted by molar-refractivity contribution is 0.372. The number of nitrogens with zero attached hydrogens (tertiary/aromatic N) is 2. The molecule has 0 spiro atoms. The summed E-state index contributed by atoms with van der Waals surface area (Å²) in [7, 11) is 0. The average Bonchev–Trinajstić information content (AvgIpc) is 2.94. The van der Waals surface area contributed by atoms with Crippen molar-refractivity contribution in [2.24, 2.45) is 5.73 Å². The highest BCUT2D eigenvalue weighted by atomic mass is 32.2. The first-order chi connectivity index (χ1) is 8.36. The van der Waals surface area contributed by atoms with Gasteiger partial charge in [-0.2, -0.15) is 4.98 Å². The molecule has 4 nitrogen and oxygen atoms in total. The van der Waals surface area contributed by atoms with Crippen LogP contribution in [0.4, 0.5) is 0 Å². The van der Waals surface area contributed by atoms with E-state index in [1.54, 1.807) is 11.8 Å². The third-order valence-corrected chi connectivity index (χ3v) is 4.08. The van der Waals surface area contributed by atoms with Crippen LogP contribution in [-0.4, -0.2) is 16.7 Å². The Labute approximate surface area is 104 Å². The number of hydrogen-bond donors (Lipinski definition) is 1. The Bertz CT molecular complexity index is 501. The van der Waals surface area contributed by atoms with Gasteiger partial charge in [0.15, 0.2) is 5.82 Å². The van der Waals surface area contributed by atoms with Gasteiger partial charge in [-0.15, -0.1) is 11.8 Å². The predicted octanol–water partition coefficient (Wildman–Crippen LogP) is 1.96. The van der Waals surface area contributed by atoms with Gasteiger partial charge in [-0.05, 0) is 24.6 Å². The SMILES string of the molecule is NCCc1noc(C2Cc3ccccc3S2)n1. The Kier molecular flexibility index (Phi) is 2.86. The first-order valence-electron chi connectivity index (χ1n) is 5.64.